The molecule has 0 saturated heterocycles. The van der Waals surface area contributed by atoms with E-state index in [-0.39, 0.29) is 45.6 Å². The van der Waals surface area contributed by atoms with Crippen LogP contribution in [-0.4, -0.2) is 44.9 Å². The van der Waals surface area contributed by atoms with Crippen LogP contribution in [0.3, 0.4) is 0 Å². The molecule has 0 N–H and O–H groups in total. The number of hydrogen-bond acceptors (Lipinski definition) is 14. The molecule has 0 bridgehead atoms. The van der Waals surface area contributed by atoms with Gasteiger partial charge >= 0.3 is 0 Å². The Morgan fingerprint density at radius 2 is 0.680 bits per heavy atom. The SMILES string of the molecule is Clc1nc(-c2ccccc2)nc(-c2cccc3c2sc2c(-c4cccc(N(c5ccccc5)c5cccc6ccccc56)c4)cccc23)n1.Clc1nc(-c2ccccc2)nc(-c2cccc3c2sc2c4ccccc4cc(-c4ccccc4)c32)n1.[2H]c1c([2H])c([2H])c(-c2ccc(-c3nc(Cl)nc(-c4cccc5c4sc4cccc(-c6cccs6)c45)n3)cc2)c([2H])c1[2H]. The normalized spacial score (nSPS) is 12.0. The highest BCUT2D eigenvalue weighted by Gasteiger charge is 2.24. The monoisotopic (exact) mass is 1700 g/mol. The molecule has 0 radical (unpaired) electrons. The molecule has 122 heavy (non-hydrogen) atoms. The summed E-state index contributed by atoms with van der Waals surface area (Å²) in [6, 6.07) is 117. The van der Waals surface area contributed by atoms with E-state index in [1.165, 1.54) is 84.3 Å². The van der Waals surface area contributed by atoms with E-state index in [0.29, 0.717) is 46.1 Å². The van der Waals surface area contributed by atoms with Crippen LogP contribution in [0.15, 0.2) is 381 Å². The molecule has 7 heterocycles. The summed E-state index contributed by atoms with van der Waals surface area (Å²) in [4.78, 5) is 44.9. The molecule has 7 aromatic heterocycles. The Labute approximate surface area is 739 Å². The van der Waals surface area contributed by atoms with Crippen molar-refractivity contribution in [3.8, 4) is 112 Å². The number of nitrogens with zero attached hydrogens (tertiary/aromatic N) is 10. The lowest BCUT2D eigenvalue weighted by Crippen LogP contribution is -2.10. The van der Waals surface area contributed by atoms with Gasteiger partial charge in [0.2, 0.25) is 15.9 Å². The molecule has 17 heteroatoms. The minimum Gasteiger partial charge on any atom is -0.310 e. The second-order valence-electron chi connectivity index (χ2n) is 28.7. The molecule has 0 saturated carbocycles. The van der Waals surface area contributed by atoms with Crippen LogP contribution in [0.1, 0.15) is 6.85 Å². The molecule has 578 valence electrons. The van der Waals surface area contributed by atoms with Crippen LogP contribution in [0.4, 0.5) is 17.1 Å². The average molecular weight is 1700 g/mol. The van der Waals surface area contributed by atoms with Crippen LogP contribution in [0.2, 0.25) is 15.9 Å². The zero-order valence-corrected chi connectivity index (χ0v) is 69.8. The van der Waals surface area contributed by atoms with E-state index >= 15 is 0 Å². The fourth-order valence-corrected chi connectivity index (χ4v) is 21.1. The number of para-hydroxylation sites is 1. The van der Waals surface area contributed by atoms with Crippen molar-refractivity contribution in [1.82, 2.24) is 44.9 Å². The molecule has 0 aliphatic heterocycles. The first-order chi connectivity index (χ1) is 62.3. The number of anilines is 3. The zero-order chi connectivity index (χ0) is 85.9. The molecule has 0 aliphatic rings. The smallest absolute Gasteiger partial charge is 0.226 e. The second kappa shape index (κ2) is 33.0. The van der Waals surface area contributed by atoms with Gasteiger partial charge in [-0.3, -0.25) is 0 Å². The minimum absolute atomic E-state index is 0.0575. The van der Waals surface area contributed by atoms with E-state index in [0.717, 1.165) is 75.3 Å². The van der Waals surface area contributed by atoms with Crippen molar-refractivity contribution in [2.24, 2.45) is 0 Å². The van der Waals surface area contributed by atoms with Gasteiger partial charge in [0.05, 0.1) is 12.5 Å². The number of benzene rings is 16. The van der Waals surface area contributed by atoms with Gasteiger partial charge in [-0.25, -0.2) is 15.0 Å². The summed E-state index contributed by atoms with van der Waals surface area (Å²) in [7, 11) is 0. The molecule has 23 rings (SSSR count). The summed E-state index contributed by atoms with van der Waals surface area (Å²) < 4.78 is 47.3. The summed E-state index contributed by atoms with van der Waals surface area (Å²) >= 11 is 26.3. The van der Waals surface area contributed by atoms with Gasteiger partial charge < -0.3 is 4.90 Å². The van der Waals surface area contributed by atoms with Crippen molar-refractivity contribution in [2.45, 2.75) is 0 Å². The van der Waals surface area contributed by atoms with Crippen molar-refractivity contribution < 1.29 is 6.85 Å². The molecule has 23 aromatic rings. The van der Waals surface area contributed by atoms with E-state index < -0.39 is 6.04 Å². The highest BCUT2D eigenvalue weighted by Crippen LogP contribution is 2.50. The van der Waals surface area contributed by atoms with E-state index in [1.54, 1.807) is 69.6 Å². The Kier molecular flexibility index (Phi) is 18.9. The van der Waals surface area contributed by atoms with Crippen molar-refractivity contribution in [3.05, 3.63) is 397 Å². The first-order valence-corrected chi connectivity index (χ1v) is 43.6. The number of halogens is 3. The van der Waals surface area contributed by atoms with Crippen molar-refractivity contribution in [3.63, 3.8) is 0 Å². The predicted octanol–water partition coefficient (Wildman–Crippen LogP) is 31.2. The van der Waals surface area contributed by atoms with Gasteiger partial charge in [0.25, 0.3) is 0 Å². The largest absolute Gasteiger partial charge is 0.310 e. The van der Waals surface area contributed by atoms with Crippen molar-refractivity contribution >= 4 is 179 Å². The maximum atomic E-state index is 8.28. The van der Waals surface area contributed by atoms with Gasteiger partial charge in [0.1, 0.15) is 0 Å². The highest BCUT2D eigenvalue weighted by molar-refractivity contribution is 7.28. The van der Waals surface area contributed by atoms with Gasteiger partial charge in [0.15, 0.2) is 34.9 Å². The summed E-state index contributed by atoms with van der Waals surface area (Å²) in [5.41, 5.74) is 15.1. The minimum atomic E-state index is -0.422. The van der Waals surface area contributed by atoms with Gasteiger partial charge in [0, 0.05) is 121 Å². The van der Waals surface area contributed by atoms with Crippen LogP contribution >= 0.6 is 80.1 Å². The first kappa shape index (κ1) is 70.0. The van der Waals surface area contributed by atoms with E-state index in [2.05, 4.69) is 289 Å². The standard InChI is InChI=1S/C43H27ClN4S.C31H18ClN3S2.C31H18ClN3S/c44-43-46-41(29-14-3-1-4-15-29)45-42(47-43)37-25-12-24-36-35-23-11-22-34(39(35)49-40(36)37)30-17-9-20-32(27-30)48(31-18-5-2-6-19-31)38-26-10-16-28-13-7-8-21-33(28)38;32-31-34-29(21-16-14-20(15-17-21)19-7-2-1-3-8-19)33-30(35-31)24-11-4-10-23-27-22(25-13-6-18-36-25)9-5-12-26(27)37-28(23)24;32-31-34-29(20-12-5-2-6-13-20)33-30(35-31)24-17-9-16-23-26-25(19-10-3-1-4-11-19)18-21-14-7-8-15-22(21)28(26)36-27(23)24/h1-27H;1-18H;1-18H/i;1D,2D,3D,7D,8D;. The lowest BCUT2D eigenvalue weighted by molar-refractivity contribution is 1.07. The molecule has 0 atom stereocenters. The molecular formula is C105H63Cl3N10S4. The third kappa shape index (κ3) is 14.6. The topological polar surface area (TPSA) is 119 Å². The number of aromatic nitrogens is 9. The Morgan fingerprint density at radius 1 is 0.254 bits per heavy atom. The molecule has 0 fully saturated rings. The molecule has 0 unspecified atom stereocenters. The van der Waals surface area contributed by atoms with Gasteiger partial charge in [-0.1, -0.05) is 309 Å². The number of thiophene rings is 4. The van der Waals surface area contributed by atoms with Crippen LogP contribution in [0, 0.1) is 0 Å². The van der Waals surface area contributed by atoms with Crippen LogP contribution in [0.5, 0.6) is 0 Å². The molecule has 0 amide bonds. The van der Waals surface area contributed by atoms with Crippen LogP contribution in [-0.2, 0) is 0 Å². The Morgan fingerprint density at radius 3 is 1.29 bits per heavy atom. The fraction of sp³-hybridized carbons (Fsp3) is 0. The third-order valence-electron chi connectivity index (χ3n) is 21.4. The predicted molar refractivity (Wildman–Crippen MR) is 515 cm³/mol. The Hall–Kier alpha value is -13.9. The number of hydrogen-bond donors (Lipinski definition) is 0. The van der Waals surface area contributed by atoms with Crippen LogP contribution < -0.4 is 4.90 Å². The summed E-state index contributed by atoms with van der Waals surface area (Å²) in [5, 5.41) is 14.5. The van der Waals surface area contributed by atoms with E-state index in [9.17, 15) is 0 Å². The number of rotatable bonds is 13. The molecule has 0 spiro atoms. The molecule has 16 aromatic carbocycles. The van der Waals surface area contributed by atoms with Crippen molar-refractivity contribution in [1.29, 1.82) is 0 Å². The van der Waals surface area contributed by atoms with Gasteiger partial charge in [-0.05, 0) is 156 Å². The zero-order valence-electron chi connectivity index (χ0n) is 69.2. The fourth-order valence-electron chi connectivity index (χ4n) is 15.9. The summed E-state index contributed by atoms with van der Waals surface area (Å²) in [6.45, 7) is 0. The quantitative estimate of drug-likeness (QED) is 0.110. The average Bonchev–Trinajstić information content (AvgIpc) is 1.54. The maximum absolute atomic E-state index is 8.28. The maximum Gasteiger partial charge on any atom is 0.226 e. The van der Waals surface area contributed by atoms with E-state index in [4.69, 9.17) is 56.6 Å². The van der Waals surface area contributed by atoms with Crippen molar-refractivity contribution in [2.75, 3.05) is 4.90 Å². The lowest BCUT2D eigenvalue weighted by Gasteiger charge is -2.27. The summed E-state index contributed by atoms with van der Waals surface area (Å²) in [5.74, 6) is 3.09. The lowest BCUT2D eigenvalue weighted by atomic mass is 9.95. The van der Waals surface area contributed by atoms with Gasteiger partial charge in [-0.2, -0.15) is 29.9 Å². The first-order valence-electron chi connectivity index (χ1n) is 41.6. The van der Waals surface area contributed by atoms with Crippen LogP contribution in [0.25, 0.3) is 194 Å². The summed E-state index contributed by atoms with van der Waals surface area (Å²) in [6.07, 6.45) is 0. The third-order valence-corrected chi connectivity index (χ3v) is 26.6. The Balaban J connectivity index is 0.000000117. The number of fused-ring (bicyclic) bond motifs is 12. The Bertz CT molecular complexity index is 8190. The van der Waals surface area contributed by atoms with Gasteiger partial charge in [-0.15, -0.1) is 45.3 Å². The molecule has 0 aliphatic carbocycles. The highest BCUT2D eigenvalue weighted by atomic mass is 35.5. The second-order valence-corrected chi connectivity index (χ2v) is 33.7. The molecule has 10 nitrogen and oxygen atoms in total. The molecular weight excluding hydrogens is 1640 g/mol. The van der Waals surface area contributed by atoms with E-state index in [1.807, 2.05) is 72.8 Å².